The number of benzene rings is 1. The molecule has 2 rings (SSSR count). The molecule has 1 heteroatoms. The Morgan fingerprint density at radius 3 is 2.25 bits per heavy atom. The lowest BCUT2D eigenvalue weighted by Gasteiger charge is -2.39. The van der Waals surface area contributed by atoms with E-state index < -0.39 is 0 Å². The van der Waals surface area contributed by atoms with Crippen LogP contribution in [0.3, 0.4) is 0 Å². The maximum Gasteiger partial charge on any atom is 0.0518 e. The van der Waals surface area contributed by atoms with E-state index in [2.05, 4.69) is 127 Å². The molecule has 1 fully saturated rings. The van der Waals surface area contributed by atoms with Crippen LogP contribution in [0.1, 0.15) is 92.1 Å². The normalized spacial score (nSPS) is 15.2. The van der Waals surface area contributed by atoms with Crippen LogP contribution in [0.4, 0.5) is 0 Å². The molecule has 0 unspecified atom stereocenters. The number of hydrogen-bond donors (Lipinski definition) is 0. The molecule has 1 aromatic rings. The highest BCUT2D eigenvalue weighted by Crippen LogP contribution is 2.34. The Morgan fingerprint density at radius 2 is 1.70 bits per heavy atom. The quantitative estimate of drug-likeness (QED) is 0.130. The molecule has 0 bridgehead atoms. The van der Waals surface area contributed by atoms with Crippen molar-refractivity contribution in [2.75, 3.05) is 6.54 Å². The highest BCUT2D eigenvalue weighted by Gasteiger charge is 2.26. The molecule has 40 heavy (non-hydrogen) atoms. The average Bonchev–Trinajstić information content (AvgIpc) is 2.94. The van der Waals surface area contributed by atoms with Crippen LogP contribution in [0.25, 0.3) is 0 Å². The average molecular weight is 536 g/mol. The number of hydrogen-bond acceptors (Lipinski definition) is 1. The van der Waals surface area contributed by atoms with Crippen LogP contribution in [0.5, 0.6) is 0 Å². The van der Waals surface area contributed by atoms with Gasteiger partial charge in [0.2, 0.25) is 0 Å². The third kappa shape index (κ3) is 9.72. The molecule has 0 aromatic heterocycles. The van der Waals surface area contributed by atoms with E-state index in [9.17, 15) is 0 Å². The molecule has 1 saturated carbocycles. The number of nitrogens with zero attached hydrogens (tertiary/aromatic N) is 1. The molecule has 1 aliphatic rings. The minimum absolute atomic E-state index is 0.509. The lowest BCUT2D eigenvalue weighted by atomic mass is 9.89. The van der Waals surface area contributed by atoms with Crippen molar-refractivity contribution in [3.05, 3.63) is 136 Å². The van der Waals surface area contributed by atoms with Crippen LogP contribution < -0.4 is 0 Å². The van der Waals surface area contributed by atoms with Crippen molar-refractivity contribution >= 4 is 0 Å². The summed E-state index contributed by atoms with van der Waals surface area (Å²) in [5, 5.41) is 0. The van der Waals surface area contributed by atoms with Crippen LogP contribution in [0, 0.1) is 0 Å². The van der Waals surface area contributed by atoms with Gasteiger partial charge in [0.05, 0.1) is 5.70 Å². The summed E-state index contributed by atoms with van der Waals surface area (Å²) in [5.74, 6) is 0. The zero-order chi connectivity index (χ0) is 29.5. The Kier molecular flexibility index (Phi) is 14.3. The van der Waals surface area contributed by atoms with Crippen LogP contribution >= 0.6 is 0 Å². The van der Waals surface area contributed by atoms with E-state index in [1.54, 1.807) is 0 Å². The molecule has 0 spiro atoms. The van der Waals surface area contributed by atoms with Crippen LogP contribution in [-0.4, -0.2) is 17.5 Å². The van der Waals surface area contributed by atoms with Gasteiger partial charge in [-0.2, -0.15) is 0 Å². The summed E-state index contributed by atoms with van der Waals surface area (Å²) in [6.45, 7) is 26.8. The maximum absolute atomic E-state index is 4.44. The van der Waals surface area contributed by atoms with Gasteiger partial charge in [-0.15, -0.1) is 12.3 Å². The van der Waals surface area contributed by atoms with Gasteiger partial charge in [-0.1, -0.05) is 106 Å². The molecule has 0 atom stereocenters. The first kappa shape index (κ1) is 32.9. The van der Waals surface area contributed by atoms with Crippen molar-refractivity contribution in [3.8, 4) is 0 Å². The van der Waals surface area contributed by atoms with E-state index in [1.807, 2.05) is 6.08 Å². The first-order chi connectivity index (χ1) is 19.3. The van der Waals surface area contributed by atoms with Crippen molar-refractivity contribution in [1.82, 2.24) is 4.90 Å². The molecular weight excluding hydrogens is 482 g/mol. The Labute approximate surface area is 246 Å². The van der Waals surface area contributed by atoms with Crippen molar-refractivity contribution < 1.29 is 0 Å². The van der Waals surface area contributed by atoms with E-state index in [4.69, 9.17) is 0 Å². The molecule has 0 heterocycles. The van der Waals surface area contributed by atoms with Crippen molar-refractivity contribution in [2.45, 2.75) is 99.0 Å². The second-order valence-corrected chi connectivity index (χ2v) is 11.3. The van der Waals surface area contributed by atoms with Gasteiger partial charge in [0.25, 0.3) is 0 Å². The summed E-state index contributed by atoms with van der Waals surface area (Å²) < 4.78 is 0. The molecule has 0 amide bonds. The Balaban J connectivity index is 2.77. The first-order valence-corrected chi connectivity index (χ1v) is 15.2. The van der Waals surface area contributed by atoms with E-state index in [0.29, 0.717) is 6.04 Å². The molecule has 0 aliphatic heterocycles. The predicted octanol–water partition coefficient (Wildman–Crippen LogP) is 11.2. The van der Waals surface area contributed by atoms with E-state index >= 15 is 0 Å². The van der Waals surface area contributed by atoms with E-state index in [-0.39, 0.29) is 0 Å². The minimum Gasteiger partial charge on any atom is -0.364 e. The minimum atomic E-state index is 0.509. The molecule has 1 aliphatic carbocycles. The van der Waals surface area contributed by atoms with Gasteiger partial charge < -0.3 is 4.90 Å². The Hall–Kier alpha value is -3.28. The number of rotatable bonds is 14. The fourth-order valence-corrected chi connectivity index (χ4v) is 5.83. The lowest BCUT2D eigenvalue weighted by Crippen LogP contribution is -2.37. The fourth-order valence-electron chi connectivity index (χ4n) is 5.83. The topological polar surface area (TPSA) is 3.24 Å². The van der Waals surface area contributed by atoms with Gasteiger partial charge in [0, 0.05) is 18.2 Å². The smallest absolute Gasteiger partial charge is 0.0518 e. The second kappa shape index (κ2) is 17.4. The van der Waals surface area contributed by atoms with Crippen LogP contribution in [0.2, 0.25) is 0 Å². The highest BCUT2D eigenvalue weighted by atomic mass is 15.2. The third-order valence-electron chi connectivity index (χ3n) is 7.69. The van der Waals surface area contributed by atoms with Crippen LogP contribution in [0.15, 0.2) is 131 Å². The Morgan fingerprint density at radius 1 is 1.02 bits per heavy atom. The predicted molar refractivity (Wildman–Crippen MR) is 178 cm³/mol. The molecule has 0 N–H and O–H groups in total. The Bertz CT molecular complexity index is 1190. The number of allylic oxidation sites excluding steroid dienone is 10. The molecule has 0 radical (unpaired) electrons. The second-order valence-electron chi connectivity index (χ2n) is 11.3. The molecule has 1 aromatic carbocycles. The first-order valence-electron chi connectivity index (χ1n) is 15.2. The van der Waals surface area contributed by atoms with E-state index in [0.717, 1.165) is 37.0 Å². The zero-order valence-corrected chi connectivity index (χ0v) is 26.3. The summed E-state index contributed by atoms with van der Waals surface area (Å²) in [5.41, 5.74) is 14.9. The van der Waals surface area contributed by atoms with Crippen molar-refractivity contribution in [1.29, 1.82) is 0 Å². The largest absolute Gasteiger partial charge is 0.364 e. The lowest BCUT2D eigenvalue weighted by molar-refractivity contribution is 0.218. The standard InChI is InChI=1S/C39H53N/c1-10-20-36(26-25-35(12-3)31(7)29-34-21-16-14-17-22-34)39(33(9)38(13-4)32(8)28-30(5)6)40(27-11-2)37-23-18-15-19-24-37/h11-14,16-17,21-22,25,28,37H,2,4,7,10,15,18-20,23-24,27,29H2,1,3,5-6,8-9H3/b35-12-,38-32+,39-33+. The van der Waals surface area contributed by atoms with Gasteiger partial charge in [0.15, 0.2) is 0 Å². The van der Waals surface area contributed by atoms with Gasteiger partial charge in [-0.05, 0) is 99.8 Å². The highest BCUT2D eigenvalue weighted by molar-refractivity contribution is 5.52. The zero-order valence-electron chi connectivity index (χ0n) is 26.3. The summed E-state index contributed by atoms with van der Waals surface area (Å²) in [6, 6.07) is 11.1. The van der Waals surface area contributed by atoms with Gasteiger partial charge in [-0.3, -0.25) is 0 Å². The summed E-state index contributed by atoms with van der Waals surface area (Å²) in [4.78, 5) is 2.63. The summed E-state index contributed by atoms with van der Waals surface area (Å²) in [7, 11) is 0. The van der Waals surface area contributed by atoms with Crippen LogP contribution in [-0.2, 0) is 6.42 Å². The molecule has 214 valence electrons. The SMILES string of the molecule is C=CCN(/C(C(=C=C/C(=C/C)C(=C)Cc1ccccc1)CCC)=C(C)/C(C=C)=C(\C)C=C(C)C)C1CCCCC1. The molecule has 1 nitrogen and oxygen atoms in total. The molecular formula is C39H53N. The van der Waals surface area contributed by atoms with Gasteiger partial charge in [-0.25, -0.2) is 0 Å². The van der Waals surface area contributed by atoms with E-state index in [1.165, 1.54) is 71.2 Å². The maximum atomic E-state index is 4.44. The van der Waals surface area contributed by atoms with Gasteiger partial charge >= 0.3 is 0 Å². The monoisotopic (exact) mass is 535 g/mol. The summed E-state index contributed by atoms with van der Waals surface area (Å²) >= 11 is 0. The third-order valence-corrected chi connectivity index (χ3v) is 7.69. The summed E-state index contributed by atoms with van der Waals surface area (Å²) in [6.07, 6.45) is 19.9. The molecule has 0 saturated heterocycles. The van der Waals surface area contributed by atoms with Gasteiger partial charge in [0.1, 0.15) is 0 Å². The van der Waals surface area contributed by atoms with Crippen molar-refractivity contribution in [3.63, 3.8) is 0 Å². The van der Waals surface area contributed by atoms with Crippen molar-refractivity contribution in [2.24, 2.45) is 0 Å². The fraction of sp³-hybridized carbons (Fsp3) is 0.410.